The molecule has 4 rings (SSSR count). The second-order valence-corrected chi connectivity index (χ2v) is 7.26. The summed E-state index contributed by atoms with van der Waals surface area (Å²) in [6.45, 7) is 4.13. The van der Waals surface area contributed by atoms with Crippen molar-refractivity contribution >= 4 is 23.1 Å². The highest BCUT2D eigenvalue weighted by atomic mass is 32.2. The van der Waals surface area contributed by atoms with E-state index in [2.05, 4.69) is 45.6 Å². The molecule has 0 saturated carbocycles. The van der Waals surface area contributed by atoms with Crippen LogP contribution in [-0.4, -0.2) is 30.3 Å². The Morgan fingerprint density at radius 3 is 2.96 bits per heavy atom. The molecule has 0 aliphatic carbocycles. The summed E-state index contributed by atoms with van der Waals surface area (Å²) in [5.41, 5.74) is 3.31. The molecule has 0 saturated heterocycles. The van der Waals surface area contributed by atoms with Crippen LogP contribution in [0.15, 0.2) is 45.4 Å². The van der Waals surface area contributed by atoms with E-state index in [0.29, 0.717) is 22.6 Å². The van der Waals surface area contributed by atoms with Crippen LogP contribution in [0.1, 0.15) is 17.0 Å². The highest BCUT2D eigenvalue weighted by Crippen LogP contribution is 2.26. The third-order valence-electron chi connectivity index (χ3n) is 3.78. The maximum atomic E-state index is 5.32. The van der Waals surface area contributed by atoms with Gasteiger partial charge in [0.05, 0.1) is 16.3 Å². The molecule has 0 radical (unpaired) electrons. The van der Waals surface area contributed by atoms with E-state index in [1.54, 1.807) is 16.0 Å². The van der Waals surface area contributed by atoms with E-state index in [1.165, 1.54) is 17.3 Å². The van der Waals surface area contributed by atoms with Crippen molar-refractivity contribution in [1.29, 1.82) is 0 Å². The van der Waals surface area contributed by atoms with Crippen LogP contribution in [0.4, 0.5) is 0 Å². The Kier molecular flexibility index (Phi) is 4.33. The second kappa shape index (κ2) is 6.77. The zero-order chi connectivity index (χ0) is 17.2. The summed E-state index contributed by atoms with van der Waals surface area (Å²) in [6.07, 6.45) is 0. The van der Waals surface area contributed by atoms with Gasteiger partial charge < -0.3 is 4.52 Å². The third kappa shape index (κ3) is 3.20. The molecule has 0 unspecified atom stereocenters. The maximum absolute atomic E-state index is 5.32. The largest absolute Gasteiger partial charge is 0.338 e. The summed E-state index contributed by atoms with van der Waals surface area (Å²) < 4.78 is 7.06. The van der Waals surface area contributed by atoms with Crippen LogP contribution in [0.2, 0.25) is 0 Å². The van der Waals surface area contributed by atoms with Gasteiger partial charge in [-0.2, -0.15) is 9.67 Å². The number of rotatable bonds is 5. The first-order chi connectivity index (χ1) is 12.2. The van der Waals surface area contributed by atoms with Gasteiger partial charge in [-0.1, -0.05) is 35.1 Å². The van der Waals surface area contributed by atoms with Gasteiger partial charge in [-0.3, -0.25) is 0 Å². The number of hydrogen-bond donors (Lipinski definition) is 0. The second-order valence-electron chi connectivity index (χ2n) is 5.37. The lowest BCUT2D eigenvalue weighted by molar-refractivity contribution is 0.391. The fourth-order valence-electron chi connectivity index (χ4n) is 2.33. The normalized spacial score (nSPS) is 11.1. The molecule has 3 heterocycles. The molecule has 25 heavy (non-hydrogen) atoms. The van der Waals surface area contributed by atoms with E-state index < -0.39 is 0 Å². The van der Waals surface area contributed by atoms with E-state index in [9.17, 15) is 0 Å². The van der Waals surface area contributed by atoms with E-state index in [-0.39, 0.29) is 0 Å². The van der Waals surface area contributed by atoms with Crippen molar-refractivity contribution in [3.8, 4) is 16.4 Å². The van der Waals surface area contributed by atoms with Crippen LogP contribution in [0.3, 0.4) is 0 Å². The predicted octanol–water partition coefficient (Wildman–Crippen LogP) is 3.68. The number of thioether (sulfide) groups is 1. The first kappa shape index (κ1) is 16.0. The van der Waals surface area contributed by atoms with E-state index in [1.807, 2.05) is 29.6 Å². The van der Waals surface area contributed by atoms with Gasteiger partial charge in [0.2, 0.25) is 16.9 Å². The number of benzene rings is 1. The Bertz CT molecular complexity index is 992. The Labute approximate surface area is 152 Å². The number of aryl methyl sites for hydroxylation is 1. The van der Waals surface area contributed by atoms with E-state index in [4.69, 9.17) is 4.52 Å². The maximum Gasteiger partial charge on any atom is 0.237 e. The fraction of sp³-hybridized carbons (Fsp3) is 0.188. The number of nitrogens with zero attached hydrogens (tertiary/aromatic N) is 6. The van der Waals surface area contributed by atoms with Gasteiger partial charge in [0.1, 0.15) is 0 Å². The quantitative estimate of drug-likeness (QED) is 0.496. The molecule has 0 spiro atoms. The molecular formula is C16H14N6OS2. The summed E-state index contributed by atoms with van der Waals surface area (Å²) in [7, 11) is 0. The summed E-state index contributed by atoms with van der Waals surface area (Å²) >= 11 is 3.04. The zero-order valence-corrected chi connectivity index (χ0v) is 15.2. The van der Waals surface area contributed by atoms with Gasteiger partial charge in [-0.25, -0.2) is 0 Å². The van der Waals surface area contributed by atoms with Gasteiger partial charge >= 0.3 is 0 Å². The van der Waals surface area contributed by atoms with Gasteiger partial charge in [-0.05, 0) is 52.9 Å². The number of hydrogen-bond acceptors (Lipinski definition) is 8. The minimum absolute atomic E-state index is 0.504. The molecule has 1 aromatic carbocycles. The van der Waals surface area contributed by atoms with Gasteiger partial charge in [-0.15, -0.1) is 16.4 Å². The Morgan fingerprint density at radius 1 is 1.20 bits per heavy atom. The van der Waals surface area contributed by atoms with Gasteiger partial charge in [0, 0.05) is 0 Å². The van der Waals surface area contributed by atoms with Gasteiger partial charge in [0.15, 0.2) is 0 Å². The molecule has 0 N–H and O–H groups in total. The molecular weight excluding hydrogens is 356 g/mol. The third-order valence-corrected chi connectivity index (χ3v) is 5.55. The molecule has 0 aliphatic rings. The average molecular weight is 370 g/mol. The number of tetrazole rings is 1. The molecule has 0 fully saturated rings. The van der Waals surface area contributed by atoms with Crippen LogP contribution in [0.5, 0.6) is 0 Å². The molecule has 0 amide bonds. The van der Waals surface area contributed by atoms with Crippen molar-refractivity contribution in [1.82, 2.24) is 30.3 Å². The summed E-state index contributed by atoms with van der Waals surface area (Å²) in [5.74, 6) is 1.66. The zero-order valence-electron chi connectivity index (χ0n) is 13.6. The molecule has 0 atom stereocenters. The lowest BCUT2D eigenvalue weighted by Crippen LogP contribution is -2.02. The molecule has 126 valence electrons. The molecule has 7 nitrogen and oxygen atoms in total. The SMILES string of the molecule is Cc1cccc(-n2nnnc2SCc2nc(-c3cccs3)no2)c1C. The highest BCUT2D eigenvalue weighted by Gasteiger charge is 2.15. The summed E-state index contributed by atoms with van der Waals surface area (Å²) in [5, 5.41) is 18.7. The van der Waals surface area contributed by atoms with Crippen LogP contribution < -0.4 is 0 Å². The van der Waals surface area contributed by atoms with Crippen LogP contribution >= 0.6 is 23.1 Å². The monoisotopic (exact) mass is 370 g/mol. The lowest BCUT2D eigenvalue weighted by Gasteiger charge is -2.08. The minimum Gasteiger partial charge on any atom is -0.338 e. The van der Waals surface area contributed by atoms with Crippen molar-refractivity contribution in [2.24, 2.45) is 0 Å². The molecule has 4 aromatic rings. The van der Waals surface area contributed by atoms with E-state index >= 15 is 0 Å². The standard InChI is InChI=1S/C16H14N6OS2/c1-10-5-3-6-12(11(10)2)22-16(18-20-21-22)25-9-14-17-15(19-23-14)13-7-4-8-24-13/h3-8H,9H2,1-2H3. The first-order valence-corrected chi connectivity index (χ1v) is 9.43. The van der Waals surface area contributed by atoms with Crippen molar-refractivity contribution in [3.05, 3.63) is 52.7 Å². The summed E-state index contributed by atoms with van der Waals surface area (Å²) in [6, 6.07) is 10.0. The number of aromatic nitrogens is 6. The van der Waals surface area contributed by atoms with Crippen molar-refractivity contribution in [3.63, 3.8) is 0 Å². The van der Waals surface area contributed by atoms with Crippen LogP contribution in [0.25, 0.3) is 16.4 Å². The Morgan fingerprint density at radius 2 is 2.12 bits per heavy atom. The molecule has 0 bridgehead atoms. The van der Waals surface area contributed by atoms with Crippen molar-refractivity contribution in [2.45, 2.75) is 24.8 Å². The molecule has 3 aromatic heterocycles. The smallest absolute Gasteiger partial charge is 0.237 e. The molecule has 0 aliphatic heterocycles. The molecule has 9 heteroatoms. The van der Waals surface area contributed by atoms with Gasteiger partial charge in [0.25, 0.3) is 0 Å². The number of thiophene rings is 1. The summed E-state index contributed by atoms with van der Waals surface area (Å²) in [4.78, 5) is 5.41. The lowest BCUT2D eigenvalue weighted by atomic mass is 10.1. The van der Waals surface area contributed by atoms with E-state index in [0.717, 1.165) is 16.1 Å². The Balaban J connectivity index is 1.53. The topological polar surface area (TPSA) is 82.5 Å². The fourth-order valence-corrected chi connectivity index (χ4v) is 3.70. The predicted molar refractivity (Wildman–Crippen MR) is 95.8 cm³/mol. The average Bonchev–Trinajstić information content (AvgIpc) is 3.36. The van der Waals surface area contributed by atoms with Crippen molar-refractivity contribution < 1.29 is 4.52 Å². The van der Waals surface area contributed by atoms with Crippen LogP contribution in [0, 0.1) is 13.8 Å². The minimum atomic E-state index is 0.504. The highest BCUT2D eigenvalue weighted by molar-refractivity contribution is 7.98. The first-order valence-electron chi connectivity index (χ1n) is 7.56. The Hall–Kier alpha value is -2.52. The van der Waals surface area contributed by atoms with Crippen molar-refractivity contribution in [2.75, 3.05) is 0 Å². The van der Waals surface area contributed by atoms with Crippen LogP contribution in [-0.2, 0) is 5.75 Å².